The molecule has 0 amide bonds. The summed E-state index contributed by atoms with van der Waals surface area (Å²) < 4.78 is 5.31. The first kappa shape index (κ1) is 11.9. The van der Waals surface area contributed by atoms with Crippen molar-refractivity contribution in [3.8, 4) is 0 Å². The first-order valence-electron chi connectivity index (χ1n) is 5.96. The molecule has 1 aromatic heterocycles. The van der Waals surface area contributed by atoms with Gasteiger partial charge in [-0.3, -0.25) is 0 Å². The lowest BCUT2D eigenvalue weighted by molar-refractivity contribution is 0.219. The average molecular weight is 230 g/mol. The maximum Gasteiger partial charge on any atom is 0.104 e. The highest BCUT2D eigenvalue weighted by Gasteiger charge is 2.11. The molecule has 90 valence electrons. The van der Waals surface area contributed by atoms with Crippen molar-refractivity contribution >= 4 is 0 Å². The fourth-order valence-electron chi connectivity index (χ4n) is 1.97. The fraction of sp³-hybridized carbons (Fsp3) is 0.333. The highest BCUT2D eigenvalue weighted by atomic mass is 16.3. The van der Waals surface area contributed by atoms with Gasteiger partial charge in [-0.25, -0.2) is 0 Å². The Labute approximate surface area is 102 Å². The Morgan fingerprint density at radius 2 is 1.88 bits per heavy atom. The Balaban J connectivity index is 1.97. The molecule has 0 fully saturated rings. The van der Waals surface area contributed by atoms with Gasteiger partial charge in [0.1, 0.15) is 5.76 Å². The van der Waals surface area contributed by atoms with Crippen LogP contribution in [0.15, 0.2) is 47.1 Å². The number of hydrogen-bond acceptors (Lipinski definition) is 2. The van der Waals surface area contributed by atoms with Crippen LogP contribution in [-0.4, -0.2) is 11.7 Å². The van der Waals surface area contributed by atoms with E-state index in [0.29, 0.717) is 0 Å². The quantitative estimate of drug-likeness (QED) is 0.856. The van der Waals surface area contributed by atoms with Gasteiger partial charge < -0.3 is 9.52 Å². The Morgan fingerprint density at radius 3 is 2.47 bits per heavy atom. The van der Waals surface area contributed by atoms with Gasteiger partial charge in [0.25, 0.3) is 0 Å². The third-order valence-corrected chi connectivity index (χ3v) is 2.97. The molecule has 0 saturated carbocycles. The molecule has 1 N–H and O–H groups in total. The predicted molar refractivity (Wildman–Crippen MR) is 67.9 cm³/mol. The maximum absolute atomic E-state index is 9.40. The van der Waals surface area contributed by atoms with Crippen molar-refractivity contribution in [1.82, 2.24) is 0 Å². The van der Waals surface area contributed by atoms with Crippen molar-refractivity contribution in [3.05, 3.63) is 59.5 Å². The zero-order valence-electron chi connectivity index (χ0n) is 10.1. The van der Waals surface area contributed by atoms with E-state index in [0.717, 1.165) is 18.6 Å². The summed E-state index contributed by atoms with van der Waals surface area (Å²) in [6.07, 6.45) is 3.35. The van der Waals surface area contributed by atoms with Crippen LogP contribution in [0.2, 0.25) is 0 Å². The van der Waals surface area contributed by atoms with Crippen molar-refractivity contribution in [3.63, 3.8) is 0 Å². The average Bonchev–Trinajstić information content (AvgIpc) is 2.84. The summed E-state index contributed by atoms with van der Waals surface area (Å²) in [4.78, 5) is 0. The molecule has 0 aliphatic carbocycles. The van der Waals surface area contributed by atoms with Gasteiger partial charge in [-0.2, -0.15) is 0 Å². The van der Waals surface area contributed by atoms with Gasteiger partial charge in [-0.1, -0.05) is 29.8 Å². The molecule has 1 aromatic carbocycles. The first-order chi connectivity index (χ1) is 8.28. The van der Waals surface area contributed by atoms with Crippen LogP contribution < -0.4 is 0 Å². The Bertz CT molecular complexity index is 428. The van der Waals surface area contributed by atoms with Crippen LogP contribution in [0.25, 0.3) is 0 Å². The molecular formula is C15H18O2. The predicted octanol–water partition coefficient (Wildman–Crippen LogP) is 2.98. The molecule has 0 saturated heterocycles. The van der Waals surface area contributed by atoms with Gasteiger partial charge >= 0.3 is 0 Å². The minimum atomic E-state index is 0.189. The van der Waals surface area contributed by atoms with E-state index in [4.69, 9.17) is 4.42 Å². The largest absolute Gasteiger partial charge is 0.469 e. The van der Waals surface area contributed by atoms with Crippen molar-refractivity contribution < 1.29 is 9.52 Å². The minimum Gasteiger partial charge on any atom is -0.469 e. The van der Waals surface area contributed by atoms with Crippen LogP contribution >= 0.6 is 0 Å². The van der Waals surface area contributed by atoms with Crippen molar-refractivity contribution in [2.24, 2.45) is 5.92 Å². The van der Waals surface area contributed by atoms with E-state index in [1.165, 1.54) is 11.1 Å². The van der Waals surface area contributed by atoms with E-state index in [2.05, 4.69) is 31.2 Å². The lowest BCUT2D eigenvalue weighted by atomic mass is 9.95. The molecular weight excluding hydrogens is 212 g/mol. The number of aliphatic hydroxyl groups excluding tert-OH is 1. The van der Waals surface area contributed by atoms with Gasteiger partial charge in [0, 0.05) is 13.0 Å². The van der Waals surface area contributed by atoms with Gasteiger partial charge in [-0.15, -0.1) is 0 Å². The van der Waals surface area contributed by atoms with Gasteiger partial charge in [0.2, 0.25) is 0 Å². The van der Waals surface area contributed by atoms with Crippen molar-refractivity contribution in [2.45, 2.75) is 19.8 Å². The highest BCUT2D eigenvalue weighted by molar-refractivity contribution is 5.21. The number of hydrogen-bond donors (Lipinski definition) is 1. The molecule has 2 rings (SSSR count). The normalized spacial score (nSPS) is 12.6. The molecule has 0 spiro atoms. The zero-order chi connectivity index (χ0) is 12.1. The smallest absolute Gasteiger partial charge is 0.104 e. The van der Waals surface area contributed by atoms with Crippen LogP contribution in [0.4, 0.5) is 0 Å². The van der Waals surface area contributed by atoms with Gasteiger partial charge in [0.05, 0.1) is 6.26 Å². The number of aliphatic hydroxyl groups is 1. The zero-order valence-corrected chi connectivity index (χ0v) is 10.1. The monoisotopic (exact) mass is 230 g/mol. The molecule has 1 unspecified atom stereocenters. The van der Waals surface area contributed by atoms with Crippen LogP contribution in [0.5, 0.6) is 0 Å². The van der Waals surface area contributed by atoms with Crippen molar-refractivity contribution in [2.75, 3.05) is 6.61 Å². The second kappa shape index (κ2) is 5.69. The molecule has 0 radical (unpaired) electrons. The van der Waals surface area contributed by atoms with Crippen LogP contribution in [-0.2, 0) is 12.8 Å². The summed E-state index contributed by atoms with van der Waals surface area (Å²) in [5, 5.41) is 9.40. The molecule has 1 atom stereocenters. The first-order valence-corrected chi connectivity index (χ1v) is 5.96. The number of furan rings is 1. The lowest BCUT2D eigenvalue weighted by Gasteiger charge is -2.12. The van der Waals surface area contributed by atoms with E-state index >= 15 is 0 Å². The topological polar surface area (TPSA) is 33.4 Å². The Hall–Kier alpha value is -1.54. The van der Waals surface area contributed by atoms with E-state index in [1.54, 1.807) is 6.26 Å². The lowest BCUT2D eigenvalue weighted by Crippen LogP contribution is -2.12. The van der Waals surface area contributed by atoms with E-state index in [-0.39, 0.29) is 12.5 Å². The van der Waals surface area contributed by atoms with Gasteiger partial charge in [0.15, 0.2) is 0 Å². The molecule has 2 heteroatoms. The highest BCUT2D eigenvalue weighted by Crippen LogP contribution is 2.15. The van der Waals surface area contributed by atoms with Crippen LogP contribution in [0.3, 0.4) is 0 Å². The summed E-state index contributed by atoms with van der Waals surface area (Å²) in [5.74, 6) is 1.17. The van der Waals surface area contributed by atoms with Crippen LogP contribution in [0.1, 0.15) is 16.9 Å². The molecule has 1 heterocycles. The summed E-state index contributed by atoms with van der Waals surface area (Å²) in [7, 11) is 0. The molecule has 17 heavy (non-hydrogen) atoms. The fourth-order valence-corrected chi connectivity index (χ4v) is 1.97. The molecule has 0 aliphatic heterocycles. The summed E-state index contributed by atoms with van der Waals surface area (Å²) in [6.45, 7) is 2.27. The Morgan fingerprint density at radius 1 is 1.12 bits per heavy atom. The molecule has 2 nitrogen and oxygen atoms in total. The number of rotatable bonds is 5. The van der Waals surface area contributed by atoms with Gasteiger partial charge in [-0.05, 0) is 37.0 Å². The number of aryl methyl sites for hydroxylation is 1. The second-order valence-electron chi connectivity index (χ2n) is 4.52. The van der Waals surface area contributed by atoms with Crippen LogP contribution in [0, 0.1) is 12.8 Å². The van der Waals surface area contributed by atoms with E-state index in [9.17, 15) is 5.11 Å². The van der Waals surface area contributed by atoms with E-state index in [1.807, 2.05) is 12.1 Å². The third kappa shape index (κ3) is 3.46. The summed E-state index contributed by atoms with van der Waals surface area (Å²) in [5.41, 5.74) is 2.53. The SMILES string of the molecule is Cc1ccc(CC(CO)Cc2ccco2)cc1. The number of benzene rings is 1. The molecule has 2 aromatic rings. The minimum absolute atomic E-state index is 0.189. The third-order valence-electron chi connectivity index (χ3n) is 2.97. The molecule has 0 aliphatic rings. The summed E-state index contributed by atoms with van der Waals surface area (Å²) in [6, 6.07) is 12.3. The summed E-state index contributed by atoms with van der Waals surface area (Å²) >= 11 is 0. The maximum atomic E-state index is 9.40. The molecule has 0 bridgehead atoms. The van der Waals surface area contributed by atoms with E-state index < -0.39 is 0 Å². The standard InChI is InChI=1S/C15H18O2/c1-12-4-6-13(7-5-12)9-14(11-16)10-15-3-2-8-17-15/h2-8,14,16H,9-11H2,1H3. The Kier molecular flexibility index (Phi) is 3.99. The second-order valence-corrected chi connectivity index (χ2v) is 4.52. The van der Waals surface area contributed by atoms with Crippen molar-refractivity contribution in [1.29, 1.82) is 0 Å².